The van der Waals surface area contributed by atoms with Gasteiger partial charge in [0.1, 0.15) is 5.75 Å². The summed E-state index contributed by atoms with van der Waals surface area (Å²) >= 11 is 0. The van der Waals surface area contributed by atoms with Crippen LogP contribution >= 0.6 is 0 Å². The van der Waals surface area contributed by atoms with E-state index < -0.39 is 0 Å². The highest BCUT2D eigenvalue weighted by atomic mass is 16.3. The lowest BCUT2D eigenvalue weighted by Gasteiger charge is -2.30. The number of hydrogen-bond acceptors (Lipinski definition) is 2. The molecule has 0 saturated carbocycles. The van der Waals surface area contributed by atoms with E-state index in [9.17, 15) is 5.11 Å². The van der Waals surface area contributed by atoms with Gasteiger partial charge in [-0.2, -0.15) is 0 Å². The van der Waals surface area contributed by atoms with Crippen molar-refractivity contribution >= 4 is 0 Å². The first-order valence-corrected chi connectivity index (χ1v) is 7.08. The van der Waals surface area contributed by atoms with Gasteiger partial charge in [0.25, 0.3) is 0 Å². The van der Waals surface area contributed by atoms with Crippen LogP contribution in [-0.2, 0) is 6.42 Å². The molecule has 1 aromatic rings. The molecule has 18 heavy (non-hydrogen) atoms. The summed E-state index contributed by atoms with van der Waals surface area (Å²) in [6.45, 7) is 8.90. The topological polar surface area (TPSA) is 32.3 Å². The Balaban J connectivity index is 2.65. The van der Waals surface area contributed by atoms with Gasteiger partial charge in [-0.15, -0.1) is 0 Å². The zero-order chi connectivity index (χ0) is 13.4. The monoisotopic (exact) mass is 249 g/mol. The van der Waals surface area contributed by atoms with E-state index in [1.807, 2.05) is 12.1 Å². The summed E-state index contributed by atoms with van der Waals surface area (Å²) in [5.74, 6) is 0.368. The molecule has 0 fully saturated rings. The molecule has 1 aromatic carbocycles. The van der Waals surface area contributed by atoms with Crippen LogP contribution in [0.15, 0.2) is 24.3 Å². The summed E-state index contributed by atoms with van der Waals surface area (Å²) in [5, 5.41) is 13.1. The highest BCUT2D eigenvalue weighted by molar-refractivity contribution is 5.27. The van der Waals surface area contributed by atoms with Gasteiger partial charge in [-0.25, -0.2) is 0 Å². The van der Waals surface area contributed by atoms with E-state index in [2.05, 4.69) is 32.2 Å². The second-order valence-electron chi connectivity index (χ2n) is 5.58. The summed E-state index contributed by atoms with van der Waals surface area (Å²) < 4.78 is 0. The van der Waals surface area contributed by atoms with Gasteiger partial charge < -0.3 is 10.4 Å². The van der Waals surface area contributed by atoms with Crippen molar-refractivity contribution in [3.8, 4) is 5.75 Å². The first-order valence-electron chi connectivity index (χ1n) is 7.08. The van der Waals surface area contributed by atoms with Gasteiger partial charge in [-0.3, -0.25) is 0 Å². The molecule has 0 spiro atoms. The molecule has 2 nitrogen and oxygen atoms in total. The lowest BCUT2D eigenvalue weighted by atomic mass is 9.79. The minimum atomic E-state index is 0.276. The van der Waals surface area contributed by atoms with Crippen molar-refractivity contribution in [1.82, 2.24) is 5.32 Å². The van der Waals surface area contributed by atoms with Crippen LogP contribution in [0.25, 0.3) is 0 Å². The molecule has 1 unspecified atom stereocenters. The molecule has 0 radical (unpaired) electrons. The first kappa shape index (κ1) is 15.0. The summed E-state index contributed by atoms with van der Waals surface area (Å²) in [6, 6.07) is 7.65. The quantitative estimate of drug-likeness (QED) is 0.688. The summed E-state index contributed by atoms with van der Waals surface area (Å²) in [4.78, 5) is 0. The van der Waals surface area contributed by atoms with Crippen LogP contribution in [0.1, 0.15) is 45.6 Å². The van der Waals surface area contributed by atoms with Crippen LogP contribution in [-0.4, -0.2) is 18.2 Å². The average Bonchev–Trinajstić information content (AvgIpc) is 2.29. The molecule has 0 aromatic heterocycles. The maximum atomic E-state index is 9.54. The Morgan fingerprint density at radius 2 is 2.00 bits per heavy atom. The molecule has 0 aliphatic heterocycles. The Bertz CT molecular complexity index is 351. The van der Waals surface area contributed by atoms with Crippen LogP contribution in [0.5, 0.6) is 5.75 Å². The second kappa shape index (κ2) is 7.42. The molecular weight excluding hydrogens is 222 g/mol. The third-order valence-corrected chi connectivity index (χ3v) is 3.37. The Labute approximate surface area is 111 Å². The predicted molar refractivity (Wildman–Crippen MR) is 78.0 cm³/mol. The molecule has 102 valence electrons. The predicted octanol–water partition coefficient (Wildman–Crippen LogP) is 3.74. The molecule has 1 rings (SSSR count). The molecular formula is C16H27NO. The highest BCUT2D eigenvalue weighted by Crippen LogP contribution is 2.28. The van der Waals surface area contributed by atoms with Crippen molar-refractivity contribution in [2.45, 2.75) is 46.5 Å². The van der Waals surface area contributed by atoms with Gasteiger partial charge >= 0.3 is 0 Å². The molecule has 0 heterocycles. The fourth-order valence-electron chi connectivity index (χ4n) is 2.57. The maximum Gasteiger partial charge on any atom is 0.115 e. The van der Waals surface area contributed by atoms with E-state index in [1.165, 1.54) is 24.8 Å². The van der Waals surface area contributed by atoms with Crippen molar-refractivity contribution in [3.63, 3.8) is 0 Å². The van der Waals surface area contributed by atoms with Gasteiger partial charge in [-0.05, 0) is 48.9 Å². The molecule has 0 saturated heterocycles. The number of phenolic OH excluding ortho intramolecular Hbond substituents is 1. The lowest BCUT2D eigenvalue weighted by molar-refractivity contribution is 0.275. The maximum absolute atomic E-state index is 9.54. The fraction of sp³-hybridized carbons (Fsp3) is 0.625. The number of aromatic hydroxyl groups is 1. The zero-order valence-corrected chi connectivity index (χ0v) is 12.0. The Morgan fingerprint density at radius 3 is 2.61 bits per heavy atom. The number of benzene rings is 1. The number of phenols is 1. The van der Waals surface area contributed by atoms with Crippen LogP contribution in [0.2, 0.25) is 0 Å². The van der Waals surface area contributed by atoms with Gasteiger partial charge in [0.2, 0.25) is 0 Å². The third-order valence-electron chi connectivity index (χ3n) is 3.37. The molecule has 2 heteroatoms. The summed E-state index contributed by atoms with van der Waals surface area (Å²) in [7, 11) is 0. The third kappa shape index (κ3) is 5.09. The molecule has 0 aliphatic rings. The average molecular weight is 249 g/mol. The molecule has 1 atom stereocenters. The molecule has 0 amide bonds. The van der Waals surface area contributed by atoms with E-state index in [0.29, 0.717) is 5.75 Å². The van der Waals surface area contributed by atoms with E-state index in [1.54, 1.807) is 6.07 Å². The van der Waals surface area contributed by atoms with Crippen LogP contribution < -0.4 is 5.32 Å². The minimum absolute atomic E-state index is 0.276. The number of rotatable bonds is 8. The molecule has 0 bridgehead atoms. The van der Waals surface area contributed by atoms with E-state index >= 15 is 0 Å². The minimum Gasteiger partial charge on any atom is -0.508 e. The zero-order valence-electron chi connectivity index (χ0n) is 12.0. The van der Waals surface area contributed by atoms with E-state index in [0.717, 1.165) is 19.5 Å². The highest BCUT2D eigenvalue weighted by Gasteiger charge is 2.23. The standard InChI is InChI=1S/C16H27NO/c1-4-9-16(3,13-17-10-5-2)12-14-7-6-8-15(18)11-14/h6-8,11,17-18H,4-5,9-10,12-13H2,1-3H3. The van der Waals surface area contributed by atoms with Crippen molar-refractivity contribution in [1.29, 1.82) is 0 Å². The summed E-state index contributed by atoms with van der Waals surface area (Å²) in [6.07, 6.45) is 4.60. The Hall–Kier alpha value is -1.02. The van der Waals surface area contributed by atoms with Gasteiger partial charge in [0, 0.05) is 6.54 Å². The van der Waals surface area contributed by atoms with Crippen LogP contribution in [0, 0.1) is 5.41 Å². The van der Waals surface area contributed by atoms with Crippen molar-refractivity contribution in [3.05, 3.63) is 29.8 Å². The fourth-order valence-corrected chi connectivity index (χ4v) is 2.57. The summed E-state index contributed by atoms with van der Waals surface area (Å²) in [5.41, 5.74) is 1.50. The Kier molecular flexibility index (Phi) is 6.20. The molecule has 0 aliphatic carbocycles. The van der Waals surface area contributed by atoms with Gasteiger partial charge in [0.05, 0.1) is 0 Å². The number of hydrogen-bond donors (Lipinski definition) is 2. The van der Waals surface area contributed by atoms with Crippen molar-refractivity contribution in [2.24, 2.45) is 5.41 Å². The normalized spacial score (nSPS) is 14.4. The van der Waals surface area contributed by atoms with Crippen molar-refractivity contribution in [2.75, 3.05) is 13.1 Å². The van der Waals surface area contributed by atoms with Crippen LogP contribution in [0.3, 0.4) is 0 Å². The lowest BCUT2D eigenvalue weighted by Crippen LogP contribution is -2.34. The van der Waals surface area contributed by atoms with E-state index in [4.69, 9.17) is 0 Å². The second-order valence-corrected chi connectivity index (χ2v) is 5.58. The van der Waals surface area contributed by atoms with Crippen molar-refractivity contribution < 1.29 is 5.11 Å². The smallest absolute Gasteiger partial charge is 0.115 e. The van der Waals surface area contributed by atoms with Crippen LogP contribution in [0.4, 0.5) is 0 Å². The molecule has 2 N–H and O–H groups in total. The van der Waals surface area contributed by atoms with Gasteiger partial charge in [0.15, 0.2) is 0 Å². The first-order chi connectivity index (χ1) is 8.59. The largest absolute Gasteiger partial charge is 0.508 e. The van der Waals surface area contributed by atoms with E-state index in [-0.39, 0.29) is 5.41 Å². The number of nitrogens with one attached hydrogen (secondary N) is 1. The SMILES string of the molecule is CCCNCC(C)(CCC)Cc1cccc(O)c1. The Morgan fingerprint density at radius 1 is 1.22 bits per heavy atom. The van der Waals surface area contributed by atoms with Gasteiger partial charge in [-0.1, -0.05) is 39.3 Å².